The van der Waals surface area contributed by atoms with Crippen molar-refractivity contribution in [3.8, 4) is 17.2 Å². The molecule has 0 saturated carbocycles. The molecule has 192 valence electrons. The molecule has 0 N–H and O–H groups in total. The van der Waals surface area contributed by atoms with Crippen LogP contribution in [0.1, 0.15) is 33.3 Å². The summed E-state index contributed by atoms with van der Waals surface area (Å²) in [5.41, 5.74) is 1.99. The lowest BCUT2D eigenvalue weighted by molar-refractivity contribution is 0.0970. The maximum atomic E-state index is 14.0. The second kappa shape index (κ2) is 8.84. The molecule has 0 fully saturated rings. The lowest BCUT2D eigenvalue weighted by Crippen LogP contribution is -2.29. The molecule has 2 aromatic heterocycles. The normalized spacial score (nSPS) is 14.8. The lowest BCUT2D eigenvalue weighted by Gasteiger charge is -2.25. The summed E-state index contributed by atoms with van der Waals surface area (Å²) >= 11 is 1.14. The van der Waals surface area contributed by atoms with Gasteiger partial charge in [-0.25, -0.2) is 9.37 Å². The van der Waals surface area contributed by atoms with Crippen molar-refractivity contribution < 1.29 is 27.8 Å². The Morgan fingerprint density at radius 2 is 1.76 bits per heavy atom. The summed E-state index contributed by atoms with van der Waals surface area (Å²) in [5, 5.41) is 0.637. The number of carbonyl (C=O) groups excluding carboxylic acids is 1. The Morgan fingerprint density at radius 1 is 0.974 bits per heavy atom. The van der Waals surface area contributed by atoms with E-state index >= 15 is 0 Å². The smallest absolute Gasteiger partial charge is 0.297 e. The molecule has 0 radical (unpaired) electrons. The first-order valence-electron chi connectivity index (χ1n) is 11.6. The fraction of sp³-hybridized carbons (Fsp3) is 0.179. The molecule has 8 nitrogen and oxygen atoms in total. The molecular formula is C28H21FN2O6S. The average Bonchev–Trinajstić information content (AvgIpc) is 3.46. The molecule has 1 aliphatic heterocycles. The van der Waals surface area contributed by atoms with E-state index < -0.39 is 17.8 Å². The van der Waals surface area contributed by atoms with E-state index in [4.69, 9.17) is 18.6 Å². The zero-order valence-corrected chi connectivity index (χ0v) is 21.6. The molecule has 6 rings (SSSR count). The Kier molecular flexibility index (Phi) is 5.57. The summed E-state index contributed by atoms with van der Waals surface area (Å²) in [6.45, 7) is 1.87. The van der Waals surface area contributed by atoms with Crippen LogP contribution in [-0.4, -0.2) is 32.2 Å². The monoisotopic (exact) mass is 532 g/mol. The summed E-state index contributed by atoms with van der Waals surface area (Å²) in [4.78, 5) is 33.9. The first kappa shape index (κ1) is 23.9. The third-order valence-corrected chi connectivity index (χ3v) is 7.62. The van der Waals surface area contributed by atoms with Gasteiger partial charge in [0.1, 0.15) is 17.4 Å². The van der Waals surface area contributed by atoms with Gasteiger partial charge in [-0.15, -0.1) is 0 Å². The minimum Gasteiger partial charge on any atom is -0.493 e. The zero-order valence-electron chi connectivity index (χ0n) is 20.8. The second-order valence-electron chi connectivity index (χ2n) is 8.78. The minimum atomic E-state index is -0.959. The van der Waals surface area contributed by atoms with Gasteiger partial charge in [-0.05, 0) is 49.4 Å². The van der Waals surface area contributed by atoms with Crippen LogP contribution in [0.2, 0.25) is 0 Å². The maximum absolute atomic E-state index is 14.0. The summed E-state index contributed by atoms with van der Waals surface area (Å²) in [7, 11) is 4.44. The Labute approximate surface area is 219 Å². The van der Waals surface area contributed by atoms with Crippen LogP contribution < -0.4 is 24.5 Å². The number of methoxy groups -OCH3 is 3. The highest BCUT2D eigenvalue weighted by Crippen LogP contribution is 2.50. The van der Waals surface area contributed by atoms with Gasteiger partial charge in [0.05, 0.1) is 42.5 Å². The van der Waals surface area contributed by atoms with E-state index in [1.54, 1.807) is 30.3 Å². The van der Waals surface area contributed by atoms with Crippen molar-refractivity contribution in [1.29, 1.82) is 0 Å². The van der Waals surface area contributed by atoms with Crippen molar-refractivity contribution >= 4 is 43.6 Å². The number of anilines is 1. The standard InChI is InChI=1S/C28H21FN2O6S/c1-13-5-9-18-16(11-13)23(32)21-22(15-7-10-19(34-2)25(36-4)24(15)35-3)31(27(33)26(21)37-18)28-30-17-8-6-14(29)12-20(17)38-28/h5-12,22H,1-4H3. The van der Waals surface area contributed by atoms with Crippen molar-refractivity contribution in [3.05, 3.63) is 87.0 Å². The van der Waals surface area contributed by atoms with Crippen LogP contribution in [0, 0.1) is 12.7 Å². The largest absolute Gasteiger partial charge is 0.493 e. The molecule has 3 aromatic carbocycles. The van der Waals surface area contributed by atoms with Crippen LogP contribution in [0.5, 0.6) is 17.2 Å². The van der Waals surface area contributed by atoms with Crippen molar-refractivity contribution in [2.24, 2.45) is 0 Å². The SMILES string of the molecule is COc1ccc(C2c3c(oc4ccc(C)cc4c3=O)C(=O)N2c2nc3ccc(F)cc3s2)c(OC)c1OC. The first-order valence-corrected chi connectivity index (χ1v) is 12.4. The predicted molar refractivity (Wildman–Crippen MR) is 142 cm³/mol. The second-order valence-corrected chi connectivity index (χ2v) is 9.79. The lowest BCUT2D eigenvalue weighted by atomic mass is 9.97. The summed E-state index contributed by atoms with van der Waals surface area (Å²) < 4.78 is 37.3. The van der Waals surface area contributed by atoms with Crippen LogP contribution in [0.15, 0.2) is 57.7 Å². The van der Waals surface area contributed by atoms with E-state index in [2.05, 4.69) is 4.98 Å². The highest BCUT2D eigenvalue weighted by molar-refractivity contribution is 7.22. The van der Waals surface area contributed by atoms with E-state index in [0.717, 1.165) is 16.9 Å². The van der Waals surface area contributed by atoms with Crippen molar-refractivity contribution in [1.82, 2.24) is 4.98 Å². The fourth-order valence-electron chi connectivity index (χ4n) is 4.91. The van der Waals surface area contributed by atoms with Gasteiger partial charge in [0, 0.05) is 5.56 Å². The van der Waals surface area contributed by atoms with Crippen LogP contribution in [-0.2, 0) is 0 Å². The minimum absolute atomic E-state index is 0.0846. The number of hydrogen-bond acceptors (Lipinski definition) is 8. The van der Waals surface area contributed by atoms with Crippen molar-refractivity contribution in [2.75, 3.05) is 26.2 Å². The number of halogens is 1. The van der Waals surface area contributed by atoms with Gasteiger partial charge in [-0.2, -0.15) is 0 Å². The molecule has 1 amide bonds. The number of aryl methyl sites for hydroxylation is 1. The quantitative estimate of drug-likeness (QED) is 0.290. The molecule has 3 heterocycles. The van der Waals surface area contributed by atoms with Gasteiger partial charge < -0.3 is 18.6 Å². The third kappa shape index (κ3) is 3.44. The maximum Gasteiger partial charge on any atom is 0.297 e. The van der Waals surface area contributed by atoms with Crippen LogP contribution in [0.3, 0.4) is 0 Å². The van der Waals surface area contributed by atoms with Crippen LogP contribution >= 0.6 is 11.3 Å². The van der Waals surface area contributed by atoms with E-state index in [1.165, 1.54) is 38.4 Å². The van der Waals surface area contributed by atoms with Gasteiger partial charge >= 0.3 is 0 Å². The fourth-order valence-corrected chi connectivity index (χ4v) is 5.92. The number of fused-ring (bicyclic) bond motifs is 3. The Morgan fingerprint density at radius 3 is 2.50 bits per heavy atom. The molecule has 1 atom stereocenters. The van der Waals surface area contributed by atoms with Gasteiger partial charge in [0.15, 0.2) is 22.1 Å². The molecule has 10 heteroatoms. The third-order valence-electron chi connectivity index (χ3n) is 6.60. The number of aromatic nitrogens is 1. The summed E-state index contributed by atoms with van der Waals surface area (Å²) in [6.07, 6.45) is 0. The summed E-state index contributed by atoms with van der Waals surface area (Å²) in [6, 6.07) is 11.9. The summed E-state index contributed by atoms with van der Waals surface area (Å²) in [5.74, 6) is -0.0279. The van der Waals surface area contributed by atoms with Crippen molar-refractivity contribution in [3.63, 3.8) is 0 Å². The van der Waals surface area contributed by atoms with E-state index in [1.807, 2.05) is 13.0 Å². The van der Waals surface area contributed by atoms with Crippen LogP contribution in [0.25, 0.3) is 21.2 Å². The van der Waals surface area contributed by atoms with Crippen LogP contribution in [0.4, 0.5) is 9.52 Å². The molecule has 1 aliphatic rings. The molecular weight excluding hydrogens is 511 g/mol. The highest BCUT2D eigenvalue weighted by atomic mass is 32.1. The topological polar surface area (TPSA) is 91.1 Å². The number of rotatable bonds is 5. The number of carbonyl (C=O) groups is 1. The number of hydrogen-bond donors (Lipinski definition) is 0. The first-order chi connectivity index (χ1) is 18.4. The van der Waals surface area contributed by atoms with Gasteiger partial charge in [0.2, 0.25) is 11.5 Å². The molecule has 1 unspecified atom stereocenters. The highest BCUT2D eigenvalue weighted by Gasteiger charge is 2.46. The Balaban J connectivity index is 1.68. The number of amides is 1. The van der Waals surface area contributed by atoms with Gasteiger partial charge in [-0.1, -0.05) is 23.0 Å². The number of ether oxygens (including phenoxy) is 3. The average molecular weight is 533 g/mol. The van der Waals surface area contributed by atoms with E-state index in [0.29, 0.717) is 44.0 Å². The molecule has 0 saturated heterocycles. The molecule has 5 aromatic rings. The Hall–Kier alpha value is -4.44. The number of thiazole rings is 1. The molecule has 38 heavy (non-hydrogen) atoms. The number of nitrogens with zero attached hydrogens (tertiary/aromatic N) is 2. The molecule has 0 aliphatic carbocycles. The van der Waals surface area contributed by atoms with Gasteiger partial charge in [-0.3, -0.25) is 14.5 Å². The van der Waals surface area contributed by atoms with Gasteiger partial charge in [0.25, 0.3) is 5.91 Å². The predicted octanol–water partition coefficient (Wildman–Crippen LogP) is 5.63. The van der Waals surface area contributed by atoms with Crippen molar-refractivity contribution in [2.45, 2.75) is 13.0 Å². The van der Waals surface area contributed by atoms with E-state index in [9.17, 15) is 14.0 Å². The molecule has 0 spiro atoms. The Bertz CT molecular complexity index is 1830. The van der Waals surface area contributed by atoms with E-state index in [-0.39, 0.29) is 21.9 Å². The molecule has 0 bridgehead atoms. The number of benzene rings is 3. The zero-order chi connectivity index (χ0) is 26.7.